The molecule has 2 aromatic carbocycles. The third-order valence-electron chi connectivity index (χ3n) is 5.29. The van der Waals surface area contributed by atoms with Crippen LogP contribution in [-0.2, 0) is 11.4 Å². The first-order chi connectivity index (χ1) is 16.1. The zero-order valence-electron chi connectivity index (χ0n) is 18.7. The van der Waals surface area contributed by atoms with E-state index in [0.717, 1.165) is 34.0 Å². The van der Waals surface area contributed by atoms with Gasteiger partial charge < -0.3 is 10.1 Å². The van der Waals surface area contributed by atoms with E-state index in [2.05, 4.69) is 15.4 Å². The first kappa shape index (κ1) is 22.0. The molecular weight excluding hydrogens is 412 g/mol. The van der Waals surface area contributed by atoms with Crippen LogP contribution in [0.1, 0.15) is 35.5 Å². The molecule has 0 aliphatic rings. The Morgan fingerprint density at radius 3 is 2.55 bits per heavy atom. The van der Waals surface area contributed by atoms with Gasteiger partial charge in [0.05, 0.1) is 23.6 Å². The Kier molecular flexibility index (Phi) is 6.95. The number of benzene rings is 2. The Balaban J connectivity index is 1.32. The maximum absolute atomic E-state index is 12.5. The van der Waals surface area contributed by atoms with Gasteiger partial charge >= 0.3 is 0 Å². The molecule has 166 valence electrons. The molecule has 0 aliphatic carbocycles. The van der Waals surface area contributed by atoms with E-state index < -0.39 is 0 Å². The van der Waals surface area contributed by atoms with Gasteiger partial charge in [0.15, 0.2) is 0 Å². The van der Waals surface area contributed by atoms with Crippen molar-refractivity contribution in [3.05, 3.63) is 114 Å². The topological polar surface area (TPSA) is 69.0 Å². The normalized spacial score (nSPS) is 11.9. The molecule has 2 heterocycles. The molecule has 1 amide bonds. The minimum absolute atomic E-state index is 0.162. The molecule has 2 aromatic heterocycles. The van der Waals surface area contributed by atoms with Crippen LogP contribution in [0.4, 0.5) is 0 Å². The number of nitrogens with zero attached hydrogens (tertiary/aromatic N) is 3. The van der Waals surface area contributed by atoms with Crippen LogP contribution in [0.3, 0.4) is 0 Å². The van der Waals surface area contributed by atoms with Crippen LogP contribution in [0.2, 0.25) is 0 Å². The second-order valence-corrected chi connectivity index (χ2v) is 7.68. The Labute approximate surface area is 193 Å². The minimum atomic E-state index is -0.165. The van der Waals surface area contributed by atoms with Crippen molar-refractivity contribution in [3.8, 4) is 11.4 Å². The lowest BCUT2D eigenvalue weighted by Gasteiger charge is -2.13. The summed E-state index contributed by atoms with van der Waals surface area (Å²) >= 11 is 0. The molecule has 0 spiro atoms. The van der Waals surface area contributed by atoms with Gasteiger partial charge in [0.2, 0.25) is 5.91 Å². The fourth-order valence-electron chi connectivity index (χ4n) is 3.50. The van der Waals surface area contributed by atoms with Crippen LogP contribution in [-0.4, -0.2) is 20.7 Å². The Bertz CT molecular complexity index is 1220. The number of para-hydroxylation sites is 1. The first-order valence-corrected chi connectivity index (χ1v) is 10.8. The van der Waals surface area contributed by atoms with E-state index in [0.29, 0.717) is 6.61 Å². The monoisotopic (exact) mass is 438 g/mol. The van der Waals surface area contributed by atoms with Crippen LogP contribution < -0.4 is 10.1 Å². The zero-order valence-corrected chi connectivity index (χ0v) is 18.7. The Morgan fingerprint density at radius 1 is 1.06 bits per heavy atom. The predicted molar refractivity (Wildman–Crippen MR) is 129 cm³/mol. The van der Waals surface area contributed by atoms with Gasteiger partial charge in [-0.15, -0.1) is 0 Å². The average molecular weight is 439 g/mol. The molecule has 0 fully saturated rings. The molecule has 0 aliphatic heterocycles. The molecule has 0 radical (unpaired) electrons. The molecule has 4 aromatic rings. The van der Waals surface area contributed by atoms with Gasteiger partial charge in [-0.1, -0.05) is 36.4 Å². The summed E-state index contributed by atoms with van der Waals surface area (Å²) in [5, 5.41) is 7.49. The van der Waals surface area contributed by atoms with Crippen LogP contribution in [0, 0.1) is 6.92 Å². The number of carbonyl (C=O) groups excluding carboxylic acids is 1. The fraction of sp³-hybridized carbons (Fsp3) is 0.148. The van der Waals surface area contributed by atoms with Crippen molar-refractivity contribution in [2.45, 2.75) is 26.5 Å². The molecule has 1 N–H and O–H groups in total. The molecule has 1 atom stereocenters. The number of rotatable bonds is 8. The number of carbonyl (C=O) groups is 1. The molecule has 33 heavy (non-hydrogen) atoms. The molecule has 6 nitrogen and oxygen atoms in total. The number of pyridine rings is 1. The van der Waals surface area contributed by atoms with Crippen molar-refractivity contribution in [1.29, 1.82) is 0 Å². The SMILES string of the molecule is Cc1c(C(C)NC(=O)C=Cc2ccc(OCc3ccccn3)cc2)cnn1-c1ccccc1. The highest BCUT2D eigenvalue weighted by Gasteiger charge is 2.15. The molecule has 6 heteroatoms. The number of amides is 1. The van der Waals surface area contributed by atoms with Crippen LogP contribution >= 0.6 is 0 Å². The Hall–Kier alpha value is -4.19. The lowest BCUT2D eigenvalue weighted by Crippen LogP contribution is -2.25. The van der Waals surface area contributed by atoms with Gasteiger partial charge in [0.1, 0.15) is 12.4 Å². The number of ether oxygens (including phenoxy) is 1. The first-order valence-electron chi connectivity index (χ1n) is 10.8. The van der Waals surface area contributed by atoms with Crippen molar-refractivity contribution >= 4 is 12.0 Å². The third-order valence-corrected chi connectivity index (χ3v) is 5.29. The number of hydrogen-bond donors (Lipinski definition) is 1. The molecule has 4 rings (SSSR count). The predicted octanol–water partition coefficient (Wildman–Crippen LogP) is 5.05. The number of hydrogen-bond acceptors (Lipinski definition) is 4. The van der Waals surface area contributed by atoms with Gasteiger partial charge in [0, 0.05) is 23.5 Å². The highest BCUT2D eigenvalue weighted by atomic mass is 16.5. The van der Waals surface area contributed by atoms with Crippen molar-refractivity contribution in [2.24, 2.45) is 0 Å². The van der Waals surface area contributed by atoms with Crippen LogP contribution in [0.5, 0.6) is 5.75 Å². The fourth-order valence-corrected chi connectivity index (χ4v) is 3.50. The van der Waals surface area contributed by atoms with E-state index in [9.17, 15) is 4.79 Å². The third kappa shape index (κ3) is 5.74. The van der Waals surface area contributed by atoms with Crippen molar-refractivity contribution in [3.63, 3.8) is 0 Å². The second kappa shape index (κ2) is 10.4. The summed E-state index contributed by atoms with van der Waals surface area (Å²) in [6.07, 6.45) is 6.87. The standard InChI is InChI=1S/C27H26N4O2/c1-20(26-18-29-31(21(26)2)24-9-4-3-5-10-24)30-27(32)16-13-22-11-14-25(15-12-22)33-19-23-8-6-7-17-28-23/h3-18,20H,19H2,1-2H3,(H,30,32). The van der Waals surface area contributed by atoms with Gasteiger partial charge in [-0.25, -0.2) is 4.68 Å². The van der Waals surface area contributed by atoms with Crippen LogP contribution in [0.25, 0.3) is 11.8 Å². The Morgan fingerprint density at radius 2 is 1.82 bits per heavy atom. The van der Waals surface area contributed by atoms with E-state index in [1.54, 1.807) is 18.5 Å². The van der Waals surface area contributed by atoms with Crippen LogP contribution in [0.15, 0.2) is 91.3 Å². The van der Waals surface area contributed by atoms with E-state index >= 15 is 0 Å². The highest BCUT2D eigenvalue weighted by molar-refractivity contribution is 5.92. The largest absolute Gasteiger partial charge is 0.487 e. The summed E-state index contributed by atoms with van der Waals surface area (Å²) in [6.45, 7) is 4.38. The summed E-state index contributed by atoms with van der Waals surface area (Å²) in [5.41, 5.74) is 4.76. The molecule has 0 saturated carbocycles. The lowest BCUT2D eigenvalue weighted by atomic mass is 10.1. The van der Waals surface area contributed by atoms with Crippen molar-refractivity contribution in [2.75, 3.05) is 0 Å². The minimum Gasteiger partial charge on any atom is -0.487 e. The van der Waals surface area contributed by atoms with Crippen molar-refractivity contribution < 1.29 is 9.53 Å². The molecule has 0 saturated heterocycles. The molecule has 0 bridgehead atoms. The number of aromatic nitrogens is 3. The highest BCUT2D eigenvalue weighted by Crippen LogP contribution is 2.20. The van der Waals surface area contributed by atoms with Crippen molar-refractivity contribution in [1.82, 2.24) is 20.1 Å². The maximum atomic E-state index is 12.5. The smallest absolute Gasteiger partial charge is 0.244 e. The summed E-state index contributed by atoms with van der Waals surface area (Å²) in [7, 11) is 0. The average Bonchev–Trinajstić information content (AvgIpc) is 3.24. The van der Waals surface area contributed by atoms with Gasteiger partial charge in [-0.3, -0.25) is 9.78 Å². The number of nitrogens with one attached hydrogen (secondary N) is 1. The lowest BCUT2D eigenvalue weighted by molar-refractivity contribution is -0.117. The van der Waals surface area contributed by atoms with E-state index in [1.807, 2.05) is 91.3 Å². The molecule has 1 unspecified atom stereocenters. The van der Waals surface area contributed by atoms with E-state index in [4.69, 9.17) is 4.74 Å². The van der Waals surface area contributed by atoms with E-state index in [1.165, 1.54) is 6.08 Å². The quantitative estimate of drug-likeness (QED) is 0.391. The maximum Gasteiger partial charge on any atom is 0.244 e. The van der Waals surface area contributed by atoms with Gasteiger partial charge in [-0.2, -0.15) is 5.10 Å². The second-order valence-electron chi connectivity index (χ2n) is 7.68. The summed E-state index contributed by atoms with van der Waals surface area (Å²) in [6, 6.07) is 23.1. The molecular formula is C27H26N4O2. The summed E-state index contributed by atoms with van der Waals surface area (Å²) < 4.78 is 7.63. The van der Waals surface area contributed by atoms with Gasteiger partial charge in [-0.05, 0) is 61.9 Å². The summed E-state index contributed by atoms with van der Waals surface area (Å²) in [4.78, 5) is 16.7. The zero-order chi connectivity index (χ0) is 23.0. The van der Waals surface area contributed by atoms with Gasteiger partial charge in [0.25, 0.3) is 0 Å². The summed E-state index contributed by atoms with van der Waals surface area (Å²) in [5.74, 6) is 0.589. The van der Waals surface area contributed by atoms with E-state index in [-0.39, 0.29) is 11.9 Å².